The Morgan fingerprint density at radius 2 is 1.38 bits per heavy atom. The molecule has 4 nitrogen and oxygen atoms in total. The third-order valence-corrected chi connectivity index (χ3v) is 5.46. The number of aryl methyl sites for hydroxylation is 1. The standard InChI is InChI=1S/C10H16.C10H14.C8H6O4/c2*1-8(2)10-6-4-9(3)5-7-10;9-7(10)5-1-2-6(4-3-5)8(11)12/h4,10H,1,5-7H2,2-3H3;4-8H,1-3H3;1-4H,(H,9,10)(H,11,12). The normalized spacial score (nSPS) is 14.8. The van der Waals surface area contributed by atoms with Crippen LogP contribution in [0.4, 0.5) is 0 Å². The summed E-state index contributed by atoms with van der Waals surface area (Å²) in [5, 5.41) is 16.9. The van der Waals surface area contributed by atoms with Crippen LogP contribution in [-0.2, 0) is 0 Å². The quantitative estimate of drug-likeness (QED) is 0.486. The Bertz CT molecular complexity index is 886. The van der Waals surface area contributed by atoms with Gasteiger partial charge in [-0.25, -0.2) is 9.59 Å². The Morgan fingerprint density at radius 1 is 0.906 bits per heavy atom. The van der Waals surface area contributed by atoms with E-state index in [-0.39, 0.29) is 11.1 Å². The lowest BCUT2D eigenvalue weighted by molar-refractivity contribution is 0.0681. The van der Waals surface area contributed by atoms with E-state index in [0.717, 1.165) is 5.92 Å². The maximum Gasteiger partial charge on any atom is 0.335 e. The number of aromatic carboxylic acids is 2. The summed E-state index contributed by atoms with van der Waals surface area (Å²) in [7, 11) is 0. The first-order chi connectivity index (χ1) is 15.0. The largest absolute Gasteiger partial charge is 0.478 e. The van der Waals surface area contributed by atoms with Crippen LogP contribution in [0.2, 0.25) is 0 Å². The van der Waals surface area contributed by atoms with Crippen molar-refractivity contribution in [3.8, 4) is 0 Å². The zero-order valence-corrected chi connectivity index (χ0v) is 19.9. The monoisotopic (exact) mass is 436 g/mol. The van der Waals surface area contributed by atoms with Gasteiger partial charge in [0.15, 0.2) is 0 Å². The first-order valence-corrected chi connectivity index (χ1v) is 11.0. The number of carbonyl (C=O) groups is 2. The van der Waals surface area contributed by atoms with Crippen molar-refractivity contribution in [1.82, 2.24) is 0 Å². The summed E-state index contributed by atoms with van der Waals surface area (Å²) in [6, 6.07) is 13.7. The molecule has 3 rings (SSSR count). The van der Waals surface area contributed by atoms with E-state index >= 15 is 0 Å². The van der Waals surface area contributed by atoms with Crippen molar-refractivity contribution in [3.63, 3.8) is 0 Å². The minimum atomic E-state index is -1.06. The first kappa shape index (κ1) is 26.9. The second-order valence-corrected chi connectivity index (χ2v) is 8.62. The highest BCUT2D eigenvalue weighted by Gasteiger charge is 2.11. The molecule has 0 radical (unpaired) electrons. The molecule has 0 aromatic heterocycles. The summed E-state index contributed by atoms with van der Waals surface area (Å²) in [6.07, 6.45) is 6.17. The van der Waals surface area contributed by atoms with Crippen LogP contribution in [0.3, 0.4) is 0 Å². The zero-order chi connectivity index (χ0) is 24.3. The zero-order valence-electron chi connectivity index (χ0n) is 19.9. The lowest BCUT2D eigenvalue weighted by Gasteiger charge is -2.19. The molecule has 2 N–H and O–H groups in total. The summed E-state index contributed by atoms with van der Waals surface area (Å²) in [6.45, 7) is 14.9. The van der Waals surface area contributed by atoms with Crippen LogP contribution in [0.5, 0.6) is 0 Å². The minimum Gasteiger partial charge on any atom is -0.478 e. The molecule has 0 bridgehead atoms. The molecule has 2 aromatic rings. The Labute approximate surface area is 192 Å². The number of rotatable bonds is 4. The van der Waals surface area contributed by atoms with Gasteiger partial charge in [-0.2, -0.15) is 0 Å². The van der Waals surface area contributed by atoms with Crippen LogP contribution >= 0.6 is 0 Å². The average Bonchev–Trinajstić information content (AvgIpc) is 2.75. The highest BCUT2D eigenvalue weighted by molar-refractivity contribution is 5.91. The average molecular weight is 437 g/mol. The van der Waals surface area contributed by atoms with E-state index in [1.165, 1.54) is 60.2 Å². The van der Waals surface area contributed by atoms with Crippen molar-refractivity contribution >= 4 is 11.9 Å². The van der Waals surface area contributed by atoms with Crippen LogP contribution < -0.4 is 0 Å². The van der Waals surface area contributed by atoms with E-state index in [1.54, 1.807) is 5.57 Å². The van der Waals surface area contributed by atoms with Crippen molar-refractivity contribution in [2.24, 2.45) is 5.92 Å². The molecule has 1 aliphatic rings. The molecule has 0 aliphatic heterocycles. The highest BCUT2D eigenvalue weighted by Crippen LogP contribution is 2.27. The SMILES string of the molecule is C=C(C)C1CC=C(C)CC1.Cc1ccc(C(C)C)cc1.O=C(O)c1ccc(C(=O)O)cc1. The van der Waals surface area contributed by atoms with Gasteiger partial charge in [0.05, 0.1) is 11.1 Å². The molecule has 172 valence electrons. The number of carboxylic acids is 2. The second-order valence-electron chi connectivity index (χ2n) is 8.62. The summed E-state index contributed by atoms with van der Waals surface area (Å²) in [4.78, 5) is 20.7. The Balaban J connectivity index is 0.000000241. The Hall–Kier alpha value is -3.14. The van der Waals surface area contributed by atoms with Gasteiger partial charge in [0.2, 0.25) is 0 Å². The minimum absolute atomic E-state index is 0.0833. The van der Waals surface area contributed by atoms with Crippen LogP contribution in [0, 0.1) is 12.8 Å². The van der Waals surface area contributed by atoms with Crippen LogP contribution in [0.15, 0.2) is 72.3 Å². The summed E-state index contributed by atoms with van der Waals surface area (Å²) in [5.74, 6) is -0.705. The molecule has 0 heterocycles. The number of hydrogen-bond donors (Lipinski definition) is 2. The number of carboxylic acid groups (broad SMARTS) is 2. The van der Waals surface area contributed by atoms with Crippen molar-refractivity contribution < 1.29 is 19.8 Å². The van der Waals surface area contributed by atoms with Gasteiger partial charge in [-0.05, 0) is 81.7 Å². The Kier molecular flexibility index (Phi) is 11.2. The second kappa shape index (κ2) is 13.3. The predicted molar refractivity (Wildman–Crippen MR) is 132 cm³/mol. The van der Waals surface area contributed by atoms with E-state index in [4.69, 9.17) is 10.2 Å². The first-order valence-electron chi connectivity index (χ1n) is 11.0. The topological polar surface area (TPSA) is 74.6 Å². The maximum absolute atomic E-state index is 10.3. The fourth-order valence-corrected chi connectivity index (χ4v) is 3.12. The number of hydrogen-bond acceptors (Lipinski definition) is 2. The third kappa shape index (κ3) is 9.78. The molecule has 2 aromatic carbocycles. The van der Waals surface area contributed by atoms with Crippen LogP contribution in [0.25, 0.3) is 0 Å². The van der Waals surface area contributed by atoms with Gasteiger partial charge < -0.3 is 10.2 Å². The van der Waals surface area contributed by atoms with Gasteiger partial charge in [-0.3, -0.25) is 0 Å². The van der Waals surface area contributed by atoms with Crippen LogP contribution in [-0.4, -0.2) is 22.2 Å². The van der Waals surface area contributed by atoms with Crippen molar-refractivity contribution in [3.05, 3.63) is 94.6 Å². The molecule has 0 fully saturated rings. The van der Waals surface area contributed by atoms with Crippen molar-refractivity contribution in [1.29, 1.82) is 0 Å². The molecule has 0 saturated heterocycles. The molecular weight excluding hydrogens is 400 g/mol. The maximum atomic E-state index is 10.3. The predicted octanol–water partition coefficient (Wildman–Crippen LogP) is 7.51. The van der Waals surface area contributed by atoms with Crippen molar-refractivity contribution in [2.75, 3.05) is 0 Å². The summed E-state index contributed by atoms with van der Waals surface area (Å²) in [5.41, 5.74) is 5.83. The van der Waals surface area contributed by atoms with Gasteiger partial charge in [-0.1, -0.05) is 67.5 Å². The van der Waals surface area contributed by atoms with Crippen molar-refractivity contribution in [2.45, 2.75) is 59.8 Å². The molecule has 0 amide bonds. The van der Waals surface area contributed by atoms with E-state index in [9.17, 15) is 9.59 Å². The van der Waals surface area contributed by atoms with E-state index in [0.29, 0.717) is 5.92 Å². The molecule has 32 heavy (non-hydrogen) atoms. The fourth-order valence-electron chi connectivity index (χ4n) is 3.12. The molecule has 1 aliphatic carbocycles. The Morgan fingerprint density at radius 3 is 1.69 bits per heavy atom. The summed E-state index contributed by atoms with van der Waals surface area (Å²) < 4.78 is 0. The lowest BCUT2D eigenvalue weighted by Crippen LogP contribution is -2.04. The van der Waals surface area contributed by atoms with E-state index in [2.05, 4.69) is 71.5 Å². The van der Waals surface area contributed by atoms with E-state index < -0.39 is 11.9 Å². The van der Waals surface area contributed by atoms with Crippen LogP contribution in [0.1, 0.15) is 84.7 Å². The molecule has 0 spiro atoms. The molecular formula is C28H36O4. The summed E-state index contributed by atoms with van der Waals surface area (Å²) >= 11 is 0. The molecule has 4 heteroatoms. The van der Waals surface area contributed by atoms with Gasteiger partial charge in [-0.15, -0.1) is 0 Å². The van der Waals surface area contributed by atoms with Gasteiger partial charge in [0, 0.05) is 0 Å². The van der Waals surface area contributed by atoms with E-state index in [1.807, 2.05) is 0 Å². The smallest absolute Gasteiger partial charge is 0.335 e. The molecule has 1 unspecified atom stereocenters. The van der Waals surface area contributed by atoms with Gasteiger partial charge in [0.1, 0.15) is 0 Å². The fraction of sp³-hybridized carbons (Fsp3) is 0.357. The number of allylic oxidation sites excluding steroid dienone is 3. The third-order valence-electron chi connectivity index (χ3n) is 5.46. The molecule has 0 saturated carbocycles. The highest BCUT2D eigenvalue weighted by atomic mass is 16.4. The van der Waals surface area contributed by atoms with Gasteiger partial charge >= 0.3 is 11.9 Å². The lowest BCUT2D eigenvalue weighted by atomic mass is 9.86. The number of benzene rings is 2. The van der Waals surface area contributed by atoms with Gasteiger partial charge in [0.25, 0.3) is 0 Å². The molecule has 1 atom stereocenters.